The number of aryl methyl sites for hydroxylation is 1. The molecule has 1 atom stereocenters. The average Bonchev–Trinajstić information content (AvgIpc) is 2.86. The minimum absolute atomic E-state index is 0.156. The van der Waals surface area contributed by atoms with Crippen molar-refractivity contribution in [2.24, 2.45) is 0 Å². The van der Waals surface area contributed by atoms with Crippen LogP contribution >= 0.6 is 0 Å². The molecule has 2 saturated heterocycles. The van der Waals surface area contributed by atoms with E-state index in [1.54, 1.807) is 0 Å². The molecule has 4 rings (SSSR count). The summed E-state index contributed by atoms with van der Waals surface area (Å²) in [5, 5.41) is 8.04. The number of aromatic nitrogens is 4. The fourth-order valence-electron chi connectivity index (χ4n) is 3.25. The van der Waals surface area contributed by atoms with Gasteiger partial charge < -0.3 is 9.64 Å². The number of nitrogens with one attached hydrogen (secondary N) is 1. The van der Waals surface area contributed by atoms with Gasteiger partial charge in [-0.1, -0.05) is 0 Å². The Morgan fingerprint density at radius 2 is 2.32 bits per heavy atom. The first-order valence-corrected chi connectivity index (χ1v) is 6.82. The van der Waals surface area contributed by atoms with E-state index in [4.69, 9.17) is 4.74 Å². The predicted molar refractivity (Wildman–Crippen MR) is 71.2 cm³/mol. The fourth-order valence-corrected chi connectivity index (χ4v) is 3.25. The molecule has 0 saturated carbocycles. The molecule has 100 valence electrons. The van der Waals surface area contributed by atoms with Crippen molar-refractivity contribution < 1.29 is 4.74 Å². The maximum Gasteiger partial charge on any atom is 0.161 e. The van der Waals surface area contributed by atoms with Gasteiger partial charge >= 0.3 is 0 Å². The third-order valence-electron chi connectivity index (χ3n) is 4.33. The highest BCUT2D eigenvalue weighted by Gasteiger charge is 2.47. The Hall–Kier alpha value is -1.69. The van der Waals surface area contributed by atoms with Crippen LogP contribution in [0.5, 0.6) is 0 Å². The lowest BCUT2D eigenvalue weighted by atomic mass is 9.80. The third-order valence-corrected chi connectivity index (χ3v) is 4.33. The lowest BCUT2D eigenvalue weighted by Gasteiger charge is -2.55. The smallest absolute Gasteiger partial charge is 0.161 e. The second-order valence-electron chi connectivity index (χ2n) is 5.51. The van der Waals surface area contributed by atoms with Gasteiger partial charge in [-0.3, -0.25) is 5.10 Å². The lowest BCUT2D eigenvalue weighted by molar-refractivity contribution is 0.00941. The van der Waals surface area contributed by atoms with Gasteiger partial charge in [0.2, 0.25) is 0 Å². The number of hydrogen-bond donors (Lipinski definition) is 1. The van der Waals surface area contributed by atoms with Crippen molar-refractivity contribution in [3.8, 4) is 0 Å². The fraction of sp³-hybridized carbons (Fsp3) is 0.615. The van der Waals surface area contributed by atoms with Gasteiger partial charge in [0.25, 0.3) is 0 Å². The molecule has 2 aromatic rings. The summed E-state index contributed by atoms with van der Waals surface area (Å²) in [7, 11) is 0. The maximum atomic E-state index is 5.69. The number of fused-ring (bicyclic) bond motifs is 1. The van der Waals surface area contributed by atoms with Crippen LogP contribution in [0, 0.1) is 6.92 Å². The predicted octanol–water partition coefficient (Wildman–Crippen LogP) is 1.42. The molecule has 0 aliphatic carbocycles. The van der Waals surface area contributed by atoms with Crippen LogP contribution in [0.25, 0.3) is 11.0 Å². The molecule has 1 spiro atoms. The molecule has 6 heteroatoms. The van der Waals surface area contributed by atoms with E-state index in [1.807, 2.05) is 13.1 Å². The second-order valence-corrected chi connectivity index (χ2v) is 5.51. The van der Waals surface area contributed by atoms with Crippen LogP contribution in [0.2, 0.25) is 0 Å². The van der Waals surface area contributed by atoms with E-state index < -0.39 is 0 Å². The Kier molecular flexibility index (Phi) is 2.29. The van der Waals surface area contributed by atoms with Crippen LogP contribution in [0.3, 0.4) is 0 Å². The normalized spacial score (nSPS) is 26.9. The van der Waals surface area contributed by atoms with E-state index in [0.29, 0.717) is 0 Å². The van der Waals surface area contributed by atoms with Crippen LogP contribution in [0.1, 0.15) is 25.1 Å². The Balaban J connectivity index is 1.79. The monoisotopic (exact) mass is 259 g/mol. The number of aromatic amines is 1. The topological polar surface area (TPSA) is 66.9 Å². The molecule has 2 fully saturated rings. The largest absolute Gasteiger partial charge is 0.379 e. The molecule has 0 radical (unpaired) electrons. The van der Waals surface area contributed by atoms with Gasteiger partial charge in [0.1, 0.15) is 11.6 Å². The van der Waals surface area contributed by atoms with Crippen molar-refractivity contribution in [2.45, 2.75) is 31.7 Å². The number of rotatable bonds is 1. The van der Waals surface area contributed by atoms with Crippen LogP contribution in [0.15, 0.2) is 6.20 Å². The van der Waals surface area contributed by atoms with Crippen LogP contribution in [-0.4, -0.2) is 45.5 Å². The Labute approximate surface area is 111 Å². The molecule has 2 aromatic heterocycles. The molecule has 1 unspecified atom stereocenters. The van der Waals surface area contributed by atoms with Gasteiger partial charge in [-0.2, -0.15) is 5.10 Å². The molecule has 2 aliphatic rings. The van der Waals surface area contributed by atoms with Crippen LogP contribution < -0.4 is 4.90 Å². The number of H-pyrrole nitrogens is 1. The third kappa shape index (κ3) is 1.56. The van der Waals surface area contributed by atoms with Gasteiger partial charge in [-0.15, -0.1) is 0 Å². The number of nitrogens with zero attached hydrogens (tertiary/aromatic N) is 4. The molecule has 1 N–H and O–H groups in total. The average molecular weight is 259 g/mol. The van der Waals surface area contributed by atoms with E-state index in [-0.39, 0.29) is 5.54 Å². The summed E-state index contributed by atoms with van der Waals surface area (Å²) in [6.45, 7) is 4.67. The number of hydrogen-bond acceptors (Lipinski definition) is 5. The summed E-state index contributed by atoms with van der Waals surface area (Å²) in [4.78, 5) is 11.4. The van der Waals surface area contributed by atoms with Crippen molar-refractivity contribution >= 4 is 16.9 Å². The Morgan fingerprint density at radius 3 is 3.05 bits per heavy atom. The van der Waals surface area contributed by atoms with Crippen molar-refractivity contribution in [2.75, 3.05) is 24.7 Å². The van der Waals surface area contributed by atoms with E-state index in [9.17, 15) is 0 Å². The molecular formula is C13H17N5O. The second kappa shape index (κ2) is 3.90. The van der Waals surface area contributed by atoms with E-state index in [2.05, 4.69) is 25.1 Å². The highest BCUT2D eigenvalue weighted by atomic mass is 16.5. The van der Waals surface area contributed by atoms with Crippen molar-refractivity contribution in [1.82, 2.24) is 20.2 Å². The zero-order valence-corrected chi connectivity index (χ0v) is 11.0. The number of ether oxygens (including phenoxy) is 1. The molecule has 6 nitrogen and oxygen atoms in total. The zero-order chi connectivity index (χ0) is 12.9. The molecular weight excluding hydrogens is 242 g/mol. The van der Waals surface area contributed by atoms with Gasteiger partial charge in [-0.05, 0) is 26.2 Å². The zero-order valence-electron chi connectivity index (χ0n) is 11.0. The van der Waals surface area contributed by atoms with E-state index in [0.717, 1.165) is 48.9 Å². The summed E-state index contributed by atoms with van der Waals surface area (Å²) in [6.07, 6.45) is 5.33. The number of anilines is 1. The molecule has 0 amide bonds. The molecule has 0 aromatic carbocycles. The minimum Gasteiger partial charge on any atom is -0.379 e. The summed E-state index contributed by atoms with van der Waals surface area (Å²) in [5.41, 5.74) is 0.977. The highest BCUT2D eigenvalue weighted by Crippen LogP contribution is 2.42. The minimum atomic E-state index is 0.156. The summed E-state index contributed by atoms with van der Waals surface area (Å²) >= 11 is 0. The van der Waals surface area contributed by atoms with E-state index in [1.165, 1.54) is 12.8 Å². The Bertz CT molecular complexity index is 617. The van der Waals surface area contributed by atoms with Crippen LogP contribution in [-0.2, 0) is 4.74 Å². The van der Waals surface area contributed by atoms with Gasteiger partial charge in [0, 0.05) is 13.2 Å². The summed E-state index contributed by atoms with van der Waals surface area (Å²) in [6, 6.07) is 0. The molecule has 19 heavy (non-hydrogen) atoms. The van der Waals surface area contributed by atoms with Gasteiger partial charge in [0.15, 0.2) is 5.65 Å². The van der Waals surface area contributed by atoms with Crippen molar-refractivity contribution in [1.29, 1.82) is 0 Å². The molecule has 4 heterocycles. The summed E-state index contributed by atoms with van der Waals surface area (Å²) in [5.74, 6) is 1.79. The molecule has 0 bridgehead atoms. The first kappa shape index (κ1) is 11.2. The van der Waals surface area contributed by atoms with E-state index >= 15 is 0 Å². The first-order valence-electron chi connectivity index (χ1n) is 6.82. The lowest BCUT2D eigenvalue weighted by Crippen LogP contribution is -2.64. The van der Waals surface area contributed by atoms with Gasteiger partial charge in [0.05, 0.1) is 23.7 Å². The quantitative estimate of drug-likeness (QED) is 0.839. The Morgan fingerprint density at radius 1 is 1.37 bits per heavy atom. The van der Waals surface area contributed by atoms with Crippen molar-refractivity contribution in [3.05, 3.63) is 12.0 Å². The highest BCUT2D eigenvalue weighted by molar-refractivity contribution is 5.87. The standard InChI is InChI=1S/C13H17N5O/c1-9-15-11-10(7-14-17-11)12(16-9)18-5-4-13(18)3-2-6-19-8-13/h7H,2-6,8H2,1H3,(H,14,15,16,17). The van der Waals surface area contributed by atoms with Gasteiger partial charge in [-0.25, -0.2) is 9.97 Å². The summed E-state index contributed by atoms with van der Waals surface area (Å²) < 4.78 is 5.69. The maximum absolute atomic E-state index is 5.69. The van der Waals surface area contributed by atoms with Crippen molar-refractivity contribution in [3.63, 3.8) is 0 Å². The first-order chi connectivity index (χ1) is 9.28. The SMILES string of the molecule is Cc1nc(N2CCC23CCCOC3)c2cn[nH]c2n1. The molecule has 2 aliphatic heterocycles. The van der Waals surface area contributed by atoms with Crippen LogP contribution in [0.4, 0.5) is 5.82 Å².